The molecule has 1 aromatic carbocycles. The molecule has 0 bridgehead atoms. The zero-order valence-electron chi connectivity index (χ0n) is 13.7. The van der Waals surface area contributed by atoms with Gasteiger partial charge in [0.15, 0.2) is 0 Å². The molecule has 0 amide bonds. The van der Waals surface area contributed by atoms with Crippen LogP contribution >= 0.6 is 0 Å². The molecule has 1 heterocycles. The topological polar surface area (TPSA) is 48.0 Å². The third kappa shape index (κ3) is 5.41. The maximum Gasteiger partial charge on any atom is 0.417 e. The maximum absolute atomic E-state index is 12.9. The number of benzene rings is 1. The van der Waals surface area contributed by atoms with Crippen LogP contribution < -0.4 is 5.32 Å². The number of nitrogens with one attached hydrogen (secondary N) is 2. The molecule has 0 saturated heterocycles. The van der Waals surface area contributed by atoms with Gasteiger partial charge in [0.05, 0.1) is 29.3 Å². The lowest BCUT2D eigenvalue weighted by atomic mass is 9.99. The first-order valence-corrected chi connectivity index (χ1v) is 7.60. The van der Waals surface area contributed by atoms with Crippen LogP contribution in [0.2, 0.25) is 0 Å². The number of aliphatic hydroxyl groups is 1. The molecule has 0 aliphatic carbocycles. The van der Waals surface area contributed by atoms with Gasteiger partial charge in [0, 0.05) is 18.4 Å². The lowest BCUT2D eigenvalue weighted by Crippen LogP contribution is -2.25. The Hall–Kier alpha value is -2.21. The lowest BCUT2D eigenvalue weighted by Gasteiger charge is -2.20. The first-order chi connectivity index (χ1) is 12.7. The average molecular weight is 420 g/mol. The van der Waals surface area contributed by atoms with Crippen molar-refractivity contribution in [3.63, 3.8) is 0 Å². The third-order valence-corrected chi connectivity index (χ3v) is 3.80. The van der Waals surface area contributed by atoms with E-state index in [1.165, 1.54) is 0 Å². The van der Waals surface area contributed by atoms with E-state index in [4.69, 9.17) is 0 Å². The number of hydrogen-bond donors (Lipinski definition) is 3. The van der Waals surface area contributed by atoms with Gasteiger partial charge in [0.2, 0.25) is 0 Å². The van der Waals surface area contributed by atoms with Gasteiger partial charge in [-0.25, -0.2) is 0 Å². The van der Waals surface area contributed by atoms with Crippen LogP contribution in [0.3, 0.4) is 0 Å². The van der Waals surface area contributed by atoms with Gasteiger partial charge in [0.25, 0.3) is 0 Å². The molecule has 2 aromatic rings. The highest BCUT2D eigenvalue weighted by Crippen LogP contribution is 2.37. The summed E-state index contributed by atoms with van der Waals surface area (Å²) in [6.07, 6.45) is -14.1. The molecule has 0 aliphatic rings. The van der Waals surface area contributed by atoms with E-state index in [9.17, 15) is 44.6 Å². The van der Waals surface area contributed by atoms with Crippen molar-refractivity contribution < 1.29 is 44.6 Å². The summed E-state index contributed by atoms with van der Waals surface area (Å²) in [5, 5.41) is 11.8. The summed E-state index contributed by atoms with van der Waals surface area (Å²) < 4.78 is 115. The maximum atomic E-state index is 12.9. The second-order valence-corrected chi connectivity index (χ2v) is 5.87. The van der Waals surface area contributed by atoms with Gasteiger partial charge in [-0.2, -0.15) is 39.5 Å². The molecule has 2 rings (SSSR count). The van der Waals surface area contributed by atoms with E-state index in [0.717, 1.165) is 6.07 Å². The number of H-pyrrole nitrogens is 1. The number of alkyl halides is 9. The fourth-order valence-corrected chi connectivity index (χ4v) is 2.41. The Morgan fingerprint density at radius 3 is 1.68 bits per heavy atom. The van der Waals surface area contributed by atoms with Crippen LogP contribution in [-0.4, -0.2) is 16.7 Å². The van der Waals surface area contributed by atoms with E-state index in [1.54, 1.807) is 0 Å². The number of aliphatic hydroxyl groups excluding tert-OH is 1. The van der Waals surface area contributed by atoms with Crippen LogP contribution in [0.5, 0.6) is 0 Å². The Kier molecular flexibility index (Phi) is 6.04. The fraction of sp³-hybridized carbons (Fsp3) is 0.375. The Morgan fingerprint density at radius 1 is 0.786 bits per heavy atom. The molecule has 1 aromatic heterocycles. The SMILES string of the molecule is OCC(NCc1cc(C(F)(F)F)c[nH]1)c1cc(C(F)(F)F)cc(C(F)(F)F)c1. The highest BCUT2D eigenvalue weighted by atomic mass is 19.4. The minimum atomic E-state index is -5.06. The molecule has 0 aliphatic heterocycles. The van der Waals surface area contributed by atoms with Crippen molar-refractivity contribution >= 4 is 0 Å². The highest BCUT2D eigenvalue weighted by Gasteiger charge is 2.37. The zero-order chi connectivity index (χ0) is 21.3. The van der Waals surface area contributed by atoms with Gasteiger partial charge in [-0.1, -0.05) is 0 Å². The van der Waals surface area contributed by atoms with Crippen molar-refractivity contribution in [2.24, 2.45) is 0 Å². The molecule has 0 saturated carbocycles. The molecular formula is C16H13F9N2O. The predicted molar refractivity (Wildman–Crippen MR) is 78.9 cm³/mol. The van der Waals surface area contributed by atoms with E-state index in [-0.39, 0.29) is 18.3 Å². The van der Waals surface area contributed by atoms with Crippen LogP contribution in [0, 0.1) is 0 Å². The summed E-state index contributed by atoms with van der Waals surface area (Å²) in [5.41, 5.74) is -4.64. The van der Waals surface area contributed by atoms with Gasteiger partial charge < -0.3 is 15.4 Å². The van der Waals surface area contributed by atoms with Gasteiger partial charge in [-0.3, -0.25) is 0 Å². The predicted octanol–water partition coefficient (Wildman–Crippen LogP) is 4.89. The summed E-state index contributed by atoms with van der Waals surface area (Å²) >= 11 is 0. The van der Waals surface area contributed by atoms with E-state index in [1.807, 2.05) is 0 Å². The van der Waals surface area contributed by atoms with E-state index >= 15 is 0 Å². The second-order valence-electron chi connectivity index (χ2n) is 5.87. The van der Waals surface area contributed by atoms with Crippen LogP contribution in [-0.2, 0) is 25.1 Å². The van der Waals surface area contributed by atoms with E-state index in [0.29, 0.717) is 18.3 Å². The Morgan fingerprint density at radius 2 is 1.29 bits per heavy atom. The van der Waals surface area contributed by atoms with Crippen molar-refractivity contribution in [3.8, 4) is 0 Å². The molecule has 1 atom stereocenters. The molecule has 156 valence electrons. The lowest BCUT2D eigenvalue weighted by molar-refractivity contribution is -0.143. The normalized spacial score (nSPS) is 14.4. The number of aromatic amines is 1. The smallest absolute Gasteiger partial charge is 0.394 e. The Labute approximate surface area is 152 Å². The van der Waals surface area contributed by atoms with Crippen LogP contribution in [0.25, 0.3) is 0 Å². The number of halogens is 9. The first kappa shape index (κ1) is 22.1. The number of aromatic nitrogens is 1. The molecule has 12 heteroatoms. The Balaban J connectivity index is 2.29. The van der Waals surface area contributed by atoms with E-state index in [2.05, 4.69) is 10.3 Å². The summed E-state index contributed by atoms with van der Waals surface area (Å²) in [6.45, 7) is -1.25. The highest BCUT2D eigenvalue weighted by molar-refractivity contribution is 5.35. The van der Waals surface area contributed by atoms with Gasteiger partial charge >= 0.3 is 18.5 Å². The summed E-state index contributed by atoms with van der Waals surface area (Å²) in [7, 11) is 0. The molecule has 28 heavy (non-hydrogen) atoms. The van der Waals surface area contributed by atoms with Crippen molar-refractivity contribution in [1.82, 2.24) is 10.3 Å². The molecular weight excluding hydrogens is 407 g/mol. The van der Waals surface area contributed by atoms with Crippen LogP contribution in [0.1, 0.15) is 34.0 Å². The first-order valence-electron chi connectivity index (χ1n) is 7.60. The number of hydrogen-bond acceptors (Lipinski definition) is 2. The van der Waals surface area contributed by atoms with Crippen molar-refractivity contribution in [2.75, 3.05) is 6.61 Å². The summed E-state index contributed by atoms with van der Waals surface area (Å²) in [4.78, 5) is 2.29. The molecule has 0 fully saturated rings. The molecule has 3 nitrogen and oxygen atoms in total. The Bertz CT molecular complexity index is 773. The number of rotatable bonds is 5. The largest absolute Gasteiger partial charge is 0.417 e. The average Bonchev–Trinajstić information content (AvgIpc) is 3.03. The van der Waals surface area contributed by atoms with Gasteiger partial charge in [-0.05, 0) is 29.8 Å². The fourth-order valence-electron chi connectivity index (χ4n) is 2.41. The molecule has 0 spiro atoms. The standard InChI is InChI=1S/C16H13F9N2O/c17-14(18,19)9-1-8(2-10(3-9)15(20,21)22)13(7-28)27-6-12-4-11(5-26-12)16(23,24)25/h1-5,13,26-28H,6-7H2. The minimum Gasteiger partial charge on any atom is -0.394 e. The van der Waals surface area contributed by atoms with Crippen LogP contribution in [0.4, 0.5) is 39.5 Å². The second kappa shape index (κ2) is 7.66. The third-order valence-electron chi connectivity index (χ3n) is 3.80. The van der Waals surface area contributed by atoms with Crippen LogP contribution in [0.15, 0.2) is 30.5 Å². The summed E-state index contributed by atoms with van der Waals surface area (Å²) in [5.74, 6) is 0. The minimum absolute atomic E-state index is 0.0196. The van der Waals surface area contributed by atoms with Gasteiger partial charge in [-0.15, -0.1) is 0 Å². The summed E-state index contributed by atoms with van der Waals surface area (Å²) in [6, 6.07) is 0.187. The zero-order valence-corrected chi connectivity index (χ0v) is 13.7. The molecule has 0 radical (unpaired) electrons. The van der Waals surface area contributed by atoms with E-state index < -0.39 is 53.4 Å². The van der Waals surface area contributed by atoms with Gasteiger partial charge in [0.1, 0.15) is 0 Å². The monoisotopic (exact) mass is 420 g/mol. The van der Waals surface area contributed by atoms with Crippen molar-refractivity contribution in [3.05, 3.63) is 58.4 Å². The quantitative estimate of drug-likeness (QED) is 0.603. The molecule has 1 unspecified atom stereocenters. The van der Waals surface area contributed by atoms with Crippen molar-refractivity contribution in [2.45, 2.75) is 31.1 Å². The molecule has 3 N–H and O–H groups in total. The van der Waals surface area contributed by atoms with Crippen molar-refractivity contribution in [1.29, 1.82) is 0 Å².